The van der Waals surface area contributed by atoms with Gasteiger partial charge < -0.3 is 15.7 Å². The van der Waals surface area contributed by atoms with Gasteiger partial charge in [-0.15, -0.1) is 0 Å². The van der Waals surface area contributed by atoms with Gasteiger partial charge in [0.15, 0.2) is 0 Å². The van der Waals surface area contributed by atoms with E-state index in [0.29, 0.717) is 5.82 Å². The number of hydrogen-bond donors (Lipinski definition) is 3. The molecule has 1 amide bonds. The number of allylic oxidation sites excluding steroid dienone is 1. The lowest BCUT2D eigenvalue weighted by atomic mass is 10.1. The highest BCUT2D eigenvalue weighted by Gasteiger charge is 2.24. The van der Waals surface area contributed by atoms with E-state index in [0.717, 1.165) is 16.8 Å². The third-order valence-corrected chi connectivity index (χ3v) is 4.28. The van der Waals surface area contributed by atoms with Crippen molar-refractivity contribution in [3.8, 4) is 11.3 Å². The first-order valence-corrected chi connectivity index (χ1v) is 8.45. The van der Waals surface area contributed by atoms with Gasteiger partial charge in [-0.2, -0.15) is 5.10 Å². The van der Waals surface area contributed by atoms with E-state index in [-0.39, 0.29) is 30.4 Å². The average molecular weight is 364 g/mol. The summed E-state index contributed by atoms with van der Waals surface area (Å²) in [7, 11) is 0. The standard InChI is InChI=1S/C20H17FN4O2/c21-15-8-6-13(7-9-15)11-22-20(27)19-17(26)12-25-18(23-19)10-16(24-25)14-4-2-1-3-5-14/h1-10,23,26H,11-12H2,(H,22,27). The van der Waals surface area contributed by atoms with Gasteiger partial charge in [-0.25, -0.2) is 9.07 Å². The Balaban J connectivity index is 1.47. The second kappa shape index (κ2) is 6.95. The van der Waals surface area contributed by atoms with Crippen molar-refractivity contribution in [2.45, 2.75) is 13.1 Å². The number of fused-ring (bicyclic) bond motifs is 1. The minimum absolute atomic E-state index is 0.0872. The molecule has 0 radical (unpaired) electrons. The molecule has 3 aromatic rings. The summed E-state index contributed by atoms with van der Waals surface area (Å²) in [6, 6.07) is 17.3. The van der Waals surface area contributed by atoms with E-state index in [1.54, 1.807) is 16.8 Å². The molecule has 0 bridgehead atoms. The zero-order chi connectivity index (χ0) is 18.8. The van der Waals surface area contributed by atoms with Crippen LogP contribution in [0.15, 0.2) is 72.1 Å². The molecule has 0 saturated carbocycles. The molecular weight excluding hydrogens is 347 g/mol. The van der Waals surface area contributed by atoms with Crippen LogP contribution in [-0.4, -0.2) is 20.8 Å². The maximum absolute atomic E-state index is 12.9. The van der Waals surface area contributed by atoms with Crippen molar-refractivity contribution in [1.29, 1.82) is 0 Å². The van der Waals surface area contributed by atoms with E-state index in [1.165, 1.54) is 12.1 Å². The first-order chi connectivity index (χ1) is 13.1. The van der Waals surface area contributed by atoms with E-state index in [1.807, 2.05) is 36.4 Å². The van der Waals surface area contributed by atoms with Crippen molar-refractivity contribution in [3.63, 3.8) is 0 Å². The van der Waals surface area contributed by atoms with E-state index in [2.05, 4.69) is 15.7 Å². The summed E-state index contributed by atoms with van der Waals surface area (Å²) < 4.78 is 14.6. The number of aromatic nitrogens is 2. The number of aliphatic hydroxyl groups is 1. The summed E-state index contributed by atoms with van der Waals surface area (Å²) >= 11 is 0. The van der Waals surface area contributed by atoms with Gasteiger partial charge in [-0.1, -0.05) is 42.5 Å². The molecule has 1 aliphatic rings. The van der Waals surface area contributed by atoms with Crippen LogP contribution in [0.4, 0.5) is 10.2 Å². The molecule has 0 unspecified atom stereocenters. The van der Waals surface area contributed by atoms with Gasteiger partial charge >= 0.3 is 0 Å². The van der Waals surface area contributed by atoms with Crippen LogP contribution in [0.5, 0.6) is 0 Å². The quantitative estimate of drug-likeness (QED) is 0.664. The van der Waals surface area contributed by atoms with Crippen molar-refractivity contribution in [2.24, 2.45) is 0 Å². The zero-order valence-corrected chi connectivity index (χ0v) is 14.3. The van der Waals surface area contributed by atoms with Crippen LogP contribution in [0.2, 0.25) is 0 Å². The van der Waals surface area contributed by atoms with E-state index < -0.39 is 5.91 Å². The van der Waals surface area contributed by atoms with Gasteiger partial charge in [-0.3, -0.25) is 4.79 Å². The lowest BCUT2D eigenvalue weighted by molar-refractivity contribution is -0.117. The Bertz CT molecular complexity index is 1010. The van der Waals surface area contributed by atoms with Crippen LogP contribution in [0, 0.1) is 5.82 Å². The molecule has 2 heterocycles. The lowest BCUT2D eigenvalue weighted by Gasteiger charge is -2.19. The van der Waals surface area contributed by atoms with Gasteiger partial charge in [0.05, 0.1) is 5.69 Å². The Labute approximate surface area is 155 Å². The second-order valence-electron chi connectivity index (χ2n) is 6.19. The summed E-state index contributed by atoms with van der Waals surface area (Å²) in [5.41, 5.74) is 2.54. The number of anilines is 1. The maximum atomic E-state index is 12.9. The minimum atomic E-state index is -0.439. The Hall–Kier alpha value is -3.61. The van der Waals surface area contributed by atoms with Crippen molar-refractivity contribution >= 4 is 11.7 Å². The van der Waals surface area contributed by atoms with E-state index in [9.17, 15) is 14.3 Å². The predicted octanol–water partition coefficient (Wildman–Crippen LogP) is 3.20. The van der Waals surface area contributed by atoms with Crippen molar-refractivity contribution in [1.82, 2.24) is 15.1 Å². The monoisotopic (exact) mass is 364 g/mol. The number of benzene rings is 2. The van der Waals surface area contributed by atoms with Crippen molar-refractivity contribution < 1.29 is 14.3 Å². The molecule has 6 nitrogen and oxygen atoms in total. The van der Waals surface area contributed by atoms with Gasteiger partial charge in [0.25, 0.3) is 5.91 Å². The fourth-order valence-electron chi connectivity index (χ4n) is 2.87. The number of nitrogens with one attached hydrogen (secondary N) is 2. The molecule has 4 rings (SSSR count). The summed E-state index contributed by atoms with van der Waals surface area (Å²) in [4.78, 5) is 12.4. The summed E-state index contributed by atoms with van der Waals surface area (Å²) in [5, 5.41) is 20.4. The van der Waals surface area contributed by atoms with Crippen molar-refractivity contribution in [3.05, 3.63) is 83.5 Å². The molecule has 1 aromatic heterocycles. The van der Waals surface area contributed by atoms with Crippen LogP contribution in [0.1, 0.15) is 5.56 Å². The predicted molar refractivity (Wildman–Crippen MR) is 99.2 cm³/mol. The van der Waals surface area contributed by atoms with Crippen molar-refractivity contribution in [2.75, 3.05) is 5.32 Å². The Morgan fingerprint density at radius 3 is 2.67 bits per heavy atom. The summed E-state index contributed by atoms with van der Waals surface area (Å²) in [6.07, 6.45) is 0. The highest BCUT2D eigenvalue weighted by atomic mass is 19.1. The molecule has 3 N–H and O–H groups in total. The largest absolute Gasteiger partial charge is 0.508 e. The van der Waals surface area contributed by atoms with Crippen LogP contribution in [-0.2, 0) is 17.9 Å². The van der Waals surface area contributed by atoms with E-state index in [4.69, 9.17) is 0 Å². The highest BCUT2D eigenvalue weighted by molar-refractivity contribution is 5.97. The molecule has 0 atom stereocenters. The smallest absolute Gasteiger partial charge is 0.271 e. The fraction of sp³-hybridized carbons (Fsp3) is 0.100. The van der Waals surface area contributed by atoms with Gasteiger partial charge in [0.1, 0.15) is 29.6 Å². The zero-order valence-electron chi connectivity index (χ0n) is 14.3. The highest BCUT2D eigenvalue weighted by Crippen LogP contribution is 2.26. The first-order valence-electron chi connectivity index (χ1n) is 8.45. The van der Waals surface area contributed by atoms with E-state index >= 15 is 0 Å². The molecule has 2 aromatic carbocycles. The molecule has 1 aliphatic heterocycles. The lowest BCUT2D eigenvalue weighted by Crippen LogP contribution is -2.32. The van der Waals surface area contributed by atoms with Crippen LogP contribution < -0.4 is 10.6 Å². The molecule has 0 fully saturated rings. The van der Waals surface area contributed by atoms with Crippen LogP contribution >= 0.6 is 0 Å². The summed E-state index contributed by atoms with van der Waals surface area (Å²) in [6.45, 7) is 0.334. The number of amides is 1. The topological polar surface area (TPSA) is 79.2 Å². The molecule has 136 valence electrons. The normalized spacial score (nSPS) is 13.1. The van der Waals surface area contributed by atoms with Gasteiger partial charge in [0.2, 0.25) is 0 Å². The SMILES string of the molecule is O=C(NCc1ccc(F)cc1)C1=C(O)Cn2nc(-c3ccccc3)cc2N1. The first kappa shape index (κ1) is 16.8. The number of carbonyl (C=O) groups excluding carboxylic acids is 1. The average Bonchev–Trinajstić information content (AvgIpc) is 3.10. The third kappa shape index (κ3) is 3.52. The second-order valence-corrected chi connectivity index (χ2v) is 6.19. The van der Waals surface area contributed by atoms with Crippen LogP contribution in [0.3, 0.4) is 0 Å². The third-order valence-electron chi connectivity index (χ3n) is 4.28. The molecule has 0 spiro atoms. The molecule has 0 aliphatic carbocycles. The fourth-order valence-corrected chi connectivity index (χ4v) is 2.87. The molecule has 0 saturated heterocycles. The number of nitrogens with zero attached hydrogens (tertiary/aromatic N) is 2. The molecule has 7 heteroatoms. The number of halogens is 1. The van der Waals surface area contributed by atoms with Crippen LogP contribution in [0.25, 0.3) is 11.3 Å². The number of carbonyl (C=O) groups is 1. The Morgan fingerprint density at radius 1 is 1.19 bits per heavy atom. The Morgan fingerprint density at radius 2 is 1.93 bits per heavy atom. The number of rotatable bonds is 4. The number of aliphatic hydroxyl groups excluding tert-OH is 1. The number of hydrogen-bond acceptors (Lipinski definition) is 4. The Kier molecular flexibility index (Phi) is 4.33. The van der Waals surface area contributed by atoms with Gasteiger partial charge in [-0.05, 0) is 17.7 Å². The maximum Gasteiger partial charge on any atom is 0.271 e. The minimum Gasteiger partial charge on any atom is -0.508 e. The molecular formula is C20H17FN4O2. The molecule has 27 heavy (non-hydrogen) atoms. The van der Waals surface area contributed by atoms with Gasteiger partial charge in [0, 0.05) is 18.2 Å². The summed E-state index contributed by atoms with van der Waals surface area (Å²) in [5.74, 6) is -0.243.